The Balaban J connectivity index is 1.39. The van der Waals surface area contributed by atoms with Gasteiger partial charge in [-0.05, 0) is 44.3 Å². The Morgan fingerprint density at radius 2 is 2.20 bits per heavy atom. The molecule has 0 aliphatic carbocycles. The molecular weight excluding hydrogens is 256 g/mol. The second kappa shape index (κ2) is 6.41. The second-order valence-corrected chi connectivity index (χ2v) is 5.72. The third-order valence-corrected chi connectivity index (χ3v) is 4.41. The van der Waals surface area contributed by atoms with E-state index in [9.17, 15) is 4.79 Å². The van der Waals surface area contributed by atoms with Crippen LogP contribution in [0.25, 0.3) is 0 Å². The molecule has 3 heterocycles. The highest BCUT2D eigenvalue weighted by atomic mass is 16.5. The zero-order valence-corrected chi connectivity index (χ0v) is 11.7. The zero-order valence-electron chi connectivity index (χ0n) is 11.7. The second-order valence-electron chi connectivity index (χ2n) is 5.72. The van der Waals surface area contributed by atoms with E-state index in [0.29, 0.717) is 17.5 Å². The molecule has 0 aromatic carbocycles. The standard InChI is InChI=1S/C15H22N2O3/c18-15(13-3-7-19-10-13)16-9-12-1-5-17(6-2-12)14-4-8-20-11-14/h3,7,10,12,14H,1-2,4-6,8-9,11H2,(H,16,18)/t14-/m1/s1. The van der Waals surface area contributed by atoms with Crippen LogP contribution in [0.4, 0.5) is 0 Å². The van der Waals surface area contributed by atoms with Crippen molar-refractivity contribution >= 4 is 5.91 Å². The Kier molecular flexibility index (Phi) is 4.38. The lowest BCUT2D eigenvalue weighted by Gasteiger charge is -2.35. The monoisotopic (exact) mass is 278 g/mol. The molecule has 5 nitrogen and oxygen atoms in total. The van der Waals surface area contributed by atoms with Crippen molar-refractivity contribution in [3.05, 3.63) is 24.2 Å². The Morgan fingerprint density at radius 1 is 1.35 bits per heavy atom. The third kappa shape index (κ3) is 3.22. The van der Waals surface area contributed by atoms with Gasteiger partial charge in [-0.15, -0.1) is 0 Å². The Morgan fingerprint density at radius 3 is 2.85 bits per heavy atom. The summed E-state index contributed by atoms with van der Waals surface area (Å²) in [6, 6.07) is 2.31. The van der Waals surface area contributed by atoms with E-state index >= 15 is 0 Å². The van der Waals surface area contributed by atoms with Crippen LogP contribution in [-0.4, -0.2) is 49.7 Å². The molecule has 110 valence electrons. The summed E-state index contributed by atoms with van der Waals surface area (Å²) in [5, 5.41) is 3.00. The first-order valence-electron chi connectivity index (χ1n) is 7.45. The van der Waals surface area contributed by atoms with Crippen molar-refractivity contribution in [3.8, 4) is 0 Å². The first-order chi connectivity index (χ1) is 9.83. The van der Waals surface area contributed by atoms with Gasteiger partial charge in [0.25, 0.3) is 5.91 Å². The Hall–Kier alpha value is -1.33. The van der Waals surface area contributed by atoms with Crippen molar-refractivity contribution < 1.29 is 13.9 Å². The maximum Gasteiger partial charge on any atom is 0.254 e. The molecule has 2 aliphatic heterocycles. The number of piperidine rings is 1. The van der Waals surface area contributed by atoms with Crippen LogP contribution >= 0.6 is 0 Å². The quantitative estimate of drug-likeness (QED) is 0.907. The molecule has 2 saturated heterocycles. The molecule has 2 aliphatic rings. The summed E-state index contributed by atoms with van der Waals surface area (Å²) >= 11 is 0. The number of likely N-dealkylation sites (tertiary alicyclic amines) is 1. The van der Waals surface area contributed by atoms with E-state index in [1.54, 1.807) is 6.07 Å². The van der Waals surface area contributed by atoms with Gasteiger partial charge in [-0.25, -0.2) is 0 Å². The number of carbonyl (C=O) groups is 1. The molecular formula is C15H22N2O3. The van der Waals surface area contributed by atoms with Crippen LogP contribution in [0.15, 0.2) is 23.0 Å². The molecule has 1 atom stereocenters. The van der Waals surface area contributed by atoms with E-state index in [2.05, 4.69) is 10.2 Å². The molecule has 3 rings (SSSR count). The van der Waals surface area contributed by atoms with Crippen molar-refractivity contribution in [1.29, 1.82) is 0 Å². The molecule has 2 fully saturated rings. The summed E-state index contributed by atoms with van der Waals surface area (Å²) < 4.78 is 10.4. The lowest BCUT2D eigenvalue weighted by Crippen LogP contribution is -2.43. The minimum atomic E-state index is -0.0367. The summed E-state index contributed by atoms with van der Waals surface area (Å²) in [4.78, 5) is 14.4. The maximum atomic E-state index is 11.8. The van der Waals surface area contributed by atoms with E-state index in [1.807, 2.05) is 0 Å². The summed E-state index contributed by atoms with van der Waals surface area (Å²) in [7, 11) is 0. The highest BCUT2D eigenvalue weighted by molar-refractivity contribution is 5.93. The average Bonchev–Trinajstić information content (AvgIpc) is 3.18. The van der Waals surface area contributed by atoms with Gasteiger partial charge in [-0.3, -0.25) is 9.69 Å². The summed E-state index contributed by atoms with van der Waals surface area (Å²) in [5.41, 5.74) is 0.602. The number of nitrogens with one attached hydrogen (secondary N) is 1. The van der Waals surface area contributed by atoms with Gasteiger partial charge in [-0.2, -0.15) is 0 Å². The van der Waals surface area contributed by atoms with E-state index in [0.717, 1.165) is 45.7 Å². The number of hydrogen-bond acceptors (Lipinski definition) is 4. The number of hydrogen-bond donors (Lipinski definition) is 1. The maximum absolute atomic E-state index is 11.8. The Labute approximate surface area is 119 Å². The molecule has 0 bridgehead atoms. The van der Waals surface area contributed by atoms with E-state index in [1.165, 1.54) is 18.9 Å². The van der Waals surface area contributed by atoms with Crippen molar-refractivity contribution in [2.24, 2.45) is 5.92 Å². The van der Waals surface area contributed by atoms with E-state index in [-0.39, 0.29) is 5.91 Å². The van der Waals surface area contributed by atoms with Gasteiger partial charge in [0.1, 0.15) is 6.26 Å². The fourth-order valence-corrected chi connectivity index (χ4v) is 3.07. The average molecular weight is 278 g/mol. The van der Waals surface area contributed by atoms with E-state index in [4.69, 9.17) is 9.15 Å². The largest absolute Gasteiger partial charge is 0.472 e. The van der Waals surface area contributed by atoms with E-state index < -0.39 is 0 Å². The minimum absolute atomic E-state index is 0.0367. The summed E-state index contributed by atoms with van der Waals surface area (Å²) in [6.07, 6.45) is 6.49. The first-order valence-corrected chi connectivity index (χ1v) is 7.45. The molecule has 0 radical (unpaired) electrons. The van der Waals surface area contributed by atoms with Gasteiger partial charge in [0.2, 0.25) is 0 Å². The van der Waals surface area contributed by atoms with Gasteiger partial charge >= 0.3 is 0 Å². The van der Waals surface area contributed by atoms with Gasteiger partial charge in [0.05, 0.1) is 18.4 Å². The van der Waals surface area contributed by atoms with Crippen molar-refractivity contribution in [3.63, 3.8) is 0 Å². The zero-order chi connectivity index (χ0) is 13.8. The molecule has 1 aromatic rings. The SMILES string of the molecule is O=C(NCC1CCN([C@@H]2CCOC2)CC1)c1ccoc1. The fourth-order valence-electron chi connectivity index (χ4n) is 3.07. The molecule has 0 unspecified atom stereocenters. The fraction of sp³-hybridized carbons (Fsp3) is 0.667. The van der Waals surface area contributed by atoms with Gasteiger partial charge in [-0.1, -0.05) is 0 Å². The number of nitrogens with zero attached hydrogens (tertiary/aromatic N) is 1. The third-order valence-electron chi connectivity index (χ3n) is 4.41. The van der Waals surface area contributed by atoms with Gasteiger partial charge in [0.15, 0.2) is 0 Å². The normalized spacial score (nSPS) is 24.9. The van der Waals surface area contributed by atoms with Crippen LogP contribution in [0.1, 0.15) is 29.6 Å². The lowest BCUT2D eigenvalue weighted by atomic mass is 9.95. The van der Waals surface area contributed by atoms with Crippen LogP contribution in [0.3, 0.4) is 0 Å². The smallest absolute Gasteiger partial charge is 0.254 e. The van der Waals surface area contributed by atoms with Crippen LogP contribution in [-0.2, 0) is 4.74 Å². The molecule has 5 heteroatoms. The highest BCUT2D eigenvalue weighted by Crippen LogP contribution is 2.21. The van der Waals surface area contributed by atoms with Gasteiger partial charge < -0.3 is 14.5 Å². The highest BCUT2D eigenvalue weighted by Gasteiger charge is 2.27. The molecule has 0 saturated carbocycles. The van der Waals surface area contributed by atoms with Crippen molar-refractivity contribution in [2.75, 3.05) is 32.8 Å². The van der Waals surface area contributed by atoms with Crippen LogP contribution in [0.5, 0.6) is 0 Å². The lowest BCUT2D eigenvalue weighted by molar-refractivity contribution is 0.0910. The van der Waals surface area contributed by atoms with Crippen LogP contribution in [0, 0.1) is 5.92 Å². The number of furan rings is 1. The number of carbonyl (C=O) groups excluding carboxylic acids is 1. The minimum Gasteiger partial charge on any atom is -0.472 e. The topological polar surface area (TPSA) is 54.7 Å². The summed E-state index contributed by atoms with van der Waals surface area (Å²) in [6.45, 7) is 4.81. The molecule has 0 spiro atoms. The molecule has 1 aromatic heterocycles. The summed E-state index contributed by atoms with van der Waals surface area (Å²) in [5.74, 6) is 0.551. The molecule has 1 amide bonds. The number of amides is 1. The molecule has 1 N–H and O–H groups in total. The van der Waals surface area contributed by atoms with Crippen molar-refractivity contribution in [2.45, 2.75) is 25.3 Å². The van der Waals surface area contributed by atoms with Crippen LogP contribution < -0.4 is 5.32 Å². The first kappa shape index (κ1) is 13.6. The number of rotatable bonds is 4. The number of ether oxygens (including phenoxy) is 1. The van der Waals surface area contributed by atoms with Gasteiger partial charge in [0, 0.05) is 19.2 Å². The molecule has 20 heavy (non-hydrogen) atoms. The predicted molar refractivity (Wildman–Crippen MR) is 74.6 cm³/mol. The van der Waals surface area contributed by atoms with Crippen molar-refractivity contribution in [1.82, 2.24) is 10.2 Å². The Bertz CT molecular complexity index is 418. The van der Waals surface area contributed by atoms with Crippen LogP contribution in [0.2, 0.25) is 0 Å². The predicted octanol–water partition coefficient (Wildman–Crippen LogP) is 1.51.